The lowest BCUT2D eigenvalue weighted by atomic mass is 9.82. The number of hydrogen-bond acceptors (Lipinski definition) is 3. The maximum absolute atomic E-state index is 6.23. The number of nitrogens with zero attached hydrogens (tertiary/aromatic N) is 2. The molecule has 3 nitrogen and oxygen atoms in total. The Balaban J connectivity index is 1.05. The Labute approximate surface area is 317 Å². The van der Waals surface area contributed by atoms with Crippen LogP contribution in [0.3, 0.4) is 0 Å². The van der Waals surface area contributed by atoms with Gasteiger partial charge in [-0.25, -0.2) is 0 Å². The molecule has 9 rings (SSSR count). The van der Waals surface area contributed by atoms with E-state index in [-0.39, 0.29) is 5.41 Å². The first kappa shape index (κ1) is 33.1. The summed E-state index contributed by atoms with van der Waals surface area (Å²) in [6.07, 6.45) is 0. The fraction of sp³-hybridized carbons (Fsp3) is 0.0784. The minimum absolute atomic E-state index is 0.0328. The van der Waals surface area contributed by atoms with Crippen LogP contribution in [-0.4, -0.2) is 6.72 Å². The zero-order valence-electron chi connectivity index (χ0n) is 30.5. The quantitative estimate of drug-likeness (QED) is 0.140. The van der Waals surface area contributed by atoms with Crippen molar-refractivity contribution in [3.8, 4) is 39.1 Å². The molecule has 0 unspecified atom stereocenters. The van der Waals surface area contributed by atoms with Gasteiger partial charge in [-0.2, -0.15) is 0 Å². The fourth-order valence-electron chi connectivity index (χ4n) is 8.19. The molecule has 260 valence electrons. The van der Waals surface area contributed by atoms with Crippen LogP contribution in [0.5, 0.6) is 5.75 Å². The van der Waals surface area contributed by atoms with Crippen LogP contribution in [0.25, 0.3) is 44.2 Å². The maximum Gasteiger partial charge on any atom is 0.146 e. The molecule has 0 saturated heterocycles. The molecule has 8 aromatic carbocycles. The third kappa shape index (κ3) is 5.75. The number of benzene rings is 8. The minimum atomic E-state index is -0.0328. The van der Waals surface area contributed by atoms with E-state index in [1.165, 1.54) is 33.4 Å². The van der Waals surface area contributed by atoms with Crippen molar-refractivity contribution in [1.29, 1.82) is 0 Å². The smallest absolute Gasteiger partial charge is 0.146 e. The first-order valence-electron chi connectivity index (χ1n) is 18.5. The highest BCUT2D eigenvalue weighted by molar-refractivity contribution is 6.04. The van der Waals surface area contributed by atoms with E-state index in [4.69, 9.17) is 4.74 Å². The molecule has 0 radical (unpaired) electrons. The Kier molecular flexibility index (Phi) is 8.40. The second-order valence-electron chi connectivity index (χ2n) is 14.4. The average molecular weight is 697 g/mol. The van der Waals surface area contributed by atoms with Crippen molar-refractivity contribution in [3.63, 3.8) is 0 Å². The maximum atomic E-state index is 6.23. The van der Waals surface area contributed by atoms with Crippen LogP contribution < -0.4 is 9.64 Å². The minimum Gasteiger partial charge on any atom is -0.487 e. The molecule has 0 amide bonds. The largest absolute Gasteiger partial charge is 0.487 e. The number of para-hydroxylation sites is 1. The van der Waals surface area contributed by atoms with Crippen LogP contribution in [0, 0.1) is 0 Å². The first-order chi connectivity index (χ1) is 26.5. The van der Waals surface area contributed by atoms with Crippen molar-refractivity contribution >= 4 is 40.2 Å². The third-order valence-electron chi connectivity index (χ3n) is 10.9. The van der Waals surface area contributed by atoms with Crippen LogP contribution >= 0.6 is 0 Å². The predicted octanol–water partition coefficient (Wildman–Crippen LogP) is 13.9. The number of rotatable bonds is 9. The third-order valence-corrected chi connectivity index (χ3v) is 10.9. The average Bonchev–Trinajstić information content (AvgIpc) is 3.47. The molecule has 54 heavy (non-hydrogen) atoms. The summed E-state index contributed by atoms with van der Waals surface area (Å²) in [4.78, 5) is 6.75. The van der Waals surface area contributed by atoms with Crippen molar-refractivity contribution in [2.75, 3.05) is 4.90 Å². The Morgan fingerprint density at radius 2 is 1.06 bits per heavy atom. The van der Waals surface area contributed by atoms with Gasteiger partial charge in [0.2, 0.25) is 0 Å². The molecule has 0 bridgehead atoms. The van der Waals surface area contributed by atoms with E-state index in [9.17, 15) is 0 Å². The normalized spacial score (nSPS) is 12.6. The highest BCUT2D eigenvalue weighted by atomic mass is 16.5. The van der Waals surface area contributed by atoms with Gasteiger partial charge in [0.1, 0.15) is 18.0 Å². The van der Waals surface area contributed by atoms with E-state index in [2.05, 4.69) is 188 Å². The Morgan fingerprint density at radius 3 is 1.76 bits per heavy atom. The Hall–Kier alpha value is -6.71. The van der Waals surface area contributed by atoms with Gasteiger partial charge in [0.05, 0.1) is 0 Å². The molecule has 8 aromatic rings. The van der Waals surface area contributed by atoms with Gasteiger partial charge in [-0.15, -0.1) is 0 Å². The van der Waals surface area contributed by atoms with Crippen molar-refractivity contribution < 1.29 is 4.74 Å². The van der Waals surface area contributed by atoms with Gasteiger partial charge in [0, 0.05) is 27.9 Å². The summed E-state index contributed by atoms with van der Waals surface area (Å²) in [5.41, 5.74) is 15.3. The molecule has 0 aliphatic heterocycles. The Morgan fingerprint density at radius 1 is 0.500 bits per heavy atom. The first-order valence-corrected chi connectivity index (χ1v) is 18.5. The number of ether oxygens (including phenoxy) is 1. The van der Waals surface area contributed by atoms with Gasteiger partial charge in [0.15, 0.2) is 0 Å². The van der Waals surface area contributed by atoms with E-state index < -0.39 is 0 Å². The zero-order chi connectivity index (χ0) is 36.6. The van der Waals surface area contributed by atoms with Crippen LogP contribution in [0.15, 0.2) is 187 Å². The fourth-order valence-corrected chi connectivity index (χ4v) is 8.19. The monoisotopic (exact) mass is 696 g/mol. The van der Waals surface area contributed by atoms with Gasteiger partial charge in [-0.3, -0.25) is 4.99 Å². The SMILES string of the molecule is C=Nc1c(OCc2ccccc2)ccc2c(-c3ccc(N(c4ccccc4)c4ccc(-c5cccc6c5-c5ccccc5C6(C)C)cc4)cc3)cccc12. The molecule has 0 fully saturated rings. The summed E-state index contributed by atoms with van der Waals surface area (Å²) in [5, 5.41) is 2.12. The van der Waals surface area contributed by atoms with E-state index in [0.29, 0.717) is 6.61 Å². The molecular weight excluding hydrogens is 657 g/mol. The van der Waals surface area contributed by atoms with Gasteiger partial charge in [0.25, 0.3) is 0 Å². The summed E-state index contributed by atoms with van der Waals surface area (Å²) in [6, 6.07) is 64.7. The highest BCUT2D eigenvalue weighted by Crippen LogP contribution is 2.52. The summed E-state index contributed by atoms with van der Waals surface area (Å²) in [7, 11) is 0. The zero-order valence-corrected chi connectivity index (χ0v) is 30.5. The number of fused-ring (bicyclic) bond motifs is 4. The van der Waals surface area contributed by atoms with Crippen molar-refractivity contribution in [1.82, 2.24) is 0 Å². The topological polar surface area (TPSA) is 24.8 Å². The van der Waals surface area contributed by atoms with Crippen LogP contribution in [0.4, 0.5) is 22.7 Å². The highest BCUT2D eigenvalue weighted by Gasteiger charge is 2.36. The molecule has 0 heterocycles. The van der Waals surface area contributed by atoms with Gasteiger partial charge >= 0.3 is 0 Å². The van der Waals surface area contributed by atoms with Crippen LogP contribution in [0.2, 0.25) is 0 Å². The van der Waals surface area contributed by atoms with Gasteiger partial charge < -0.3 is 9.64 Å². The second kappa shape index (κ2) is 13.7. The molecule has 0 atom stereocenters. The summed E-state index contributed by atoms with van der Waals surface area (Å²) >= 11 is 0. The number of aliphatic imine (C=N–C) groups is 1. The van der Waals surface area contributed by atoms with Crippen LogP contribution in [0.1, 0.15) is 30.5 Å². The van der Waals surface area contributed by atoms with E-state index in [1.807, 2.05) is 24.3 Å². The van der Waals surface area contributed by atoms with Gasteiger partial charge in [-0.1, -0.05) is 147 Å². The van der Waals surface area contributed by atoms with Crippen molar-refractivity contribution in [3.05, 3.63) is 199 Å². The van der Waals surface area contributed by atoms with Crippen molar-refractivity contribution in [2.24, 2.45) is 4.99 Å². The van der Waals surface area contributed by atoms with Crippen molar-refractivity contribution in [2.45, 2.75) is 25.9 Å². The molecule has 0 N–H and O–H groups in total. The lowest BCUT2D eigenvalue weighted by Crippen LogP contribution is -2.14. The lowest BCUT2D eigenvalue weighted by molar-refractivity contribution is 0.308. The molecule has 0 spiro atoms. The number of hydrogen-bond donors (Lipinski definition) is 0. The number of anilines is 3. The predicted molar refractivity (Wildman–Crippen MR) is 227 cm³/mol. The molecule has 0 aromatic heterocycles. The molecular formula is C51H40N2O. The second-order valence-corrected chi connectivity index (χ2v) is 14.4. The Bertz CT molecular complexity index is 2630. The molecule has 3 heteroatoms. The molecule has 1 aliphatic carbocycles. The lowest BCUT2D eigenvalue weighted by Gasteiger charge is -2.26. The summed E-state index contributed by atoms with van der Waals surface area (Å²) in [5.74, 6) is 0.726. The van der Waals surface area contributed by atoms with E-state index in [0.717, 1.165) is 56.0 Å². The van der Waals surface area contributed by atoms with E-state index in [1.54, 1.807) is 0 Å². The summed E-state index contributed by atoms with van der Waals surface area (Å²) in [6.45, 7) is 9.05. The van der Waals surface area contributed by atoms with E-state index >= 15 is 0 Å². The standard InChI is InChI=1S/C51H40N2O/c1-51(2)46-22-11-10-18-45(46)49-42(20-13-23-47(49)51)37-26-30-40(31-27-37)53(38-16-8-5-9-17-38)39-28-24-36(25-29-39)41-19-12-21-44-43(41)32-33-48(50(44)52-3)54-34-35-14-6-4-7-15-35/h4-33H,3,34H2,1-2H3. The van der Waals surface area contributed by atoms with Gasteiger partial charge in [-0.05, 0) is 111 Å². The molecule has 1 aliphatic rings. The van der Waals surface area contributed by atoms with Crippen LogP contribution in [-0.2, 0) is 12.0 Å². The summed E-state index contributed by atoms with van der Waals surface area (Å²) < 4.78 is 6.23. The molecule has 0 saturated carbocycles.